The molecular formula is C32H49N3O7. The Hall–Kier alpha value is -3.17. The quantitative estimate of drug-likeness (QED) is 0.390. The SMILES string of the molecule is CC(C)(C)OC(=O)C[C@H](CC(=O)[C@@H]1CCCN(C(=O)CCC2CCN(C(=O)OC(C)(C)C)CC2)C1)c1cncc(O)c1. The van der Waals surface area contributed by atoms with Crippen molar-refractivity contribution in [3.8, 4) is 5.75 Å². The number of hydrogen-bond donors (Lipinski definition) is 1. The van der Waals surface area contributed by atoms with Crippen LogP contribution in [0.1, 0.15) is 104 Å². The van der Waals surface area contributed by atoms with Gasteiger partial charge in [-0.1, -0.05) is 0 Å². The Morgan fingerprint density at radius 1 is 0.929 bits per heavy atom. The summed E-state index contributed by atoms with van der Waals surface area (Å²) in [6.45, 7) is 13.2. The van der Waals surface area contributed by atoms with Crippen LogP contribution >= 0.6 is 0 Å². The fourth-order valence-corrected chi connectivity index (χ4v) is 5.65. The Balaban J connectivity index is 1.51. The number of aromatic hydroxyl groups is 1. The number of likely N-dealkylation sites (tertiary alicyclic amines) is 2. The molecule has 42 heavy (non-hydrogen) atoms. The minimum atomic E-state index is -0.651. The summed E-state index contributed by atoms with van der Waals surface area (Å²) in [6, 6.07) is 1.53. The lowest BCUT2D eigenvalue weighted by atomic mass is 9.84. The summed E-state index contributed by atoms with van der Waals surface area (Å²) in [5, 5.41) is 9.95. The zero-order chi connectivity index (χ0) is 31.1. The van der Waals surface area contributed by atoms with Crippen LogP contribution < -0.4 is 0 Å². The number of piperidine rings is 2. The van der Waals surface area contributed by atoms with Crippen LogP contribution in [0.15, 0.2) is 18.5 Å². The third kappa shape index (κ3) is 10.9. The Kier molecular flexibility index (Phi) is 11.4. The predicted molar refractivity (Wildman–Crippen MR) is 158 cm³/mol. The maximum Gasteiger partial charge on any atom is 0.410 e. The second kappa shape index (κ2) is 14.3. The van der Waals surface area contributed by atoms with Crippen LogP contribution in [0.4, 0.5) is 4.79 Å². The van der Waals surface area contributed by atoms with Gasteiger partial charge in [-0.2, -0.15) is 0 Å². The molecule has 0 bridgehead atoms. The van der Waals surface area contributed by atoms with E-state index >= 15 is 0 Å². The van der Waals surface area contributed by atoms with Crippen molar-refractivity contribution in [3.63, 3.8) is 0 Å². The number of hydrogen-bond acceptors (Lipinski definition) is 8. The maximum atomic E-state index is 13.5. The molecule has 3 rings (SSSR count). The molecule has 2 saturated heterocycles. The van der Waals surface area contributed by atoms with E-state index in [-0.39, 0.29) is 42.3 Å². The number of rotatable bonds is 9. The molecule has 3 heterocycles. The molecule has 0 radical (unpaired) electrons. The monoisotopic (exact) mass is 587 g/mol. The van der Waals surface area contributed by atoms with E-state index in [2.05, 4.69) is 4.98 Å². The number of nitrogens with zero attached hydrogens (tertiary/aromatic N) is 3. The largest absolute Gasteiger partial charge is 0.506 e. The molecule has 2 atom stereocenters. The molecule has 2 fully saturated rings. The summed E-state index contributed by atoms with van der Waals surface area (Å²) in [7, 11) is 0. The van der Waals surface area contributed by atoms with E-state index in [1.165, 1.54) is 12.3 Å². The average molecular weight is 588 g/mol. The molecule has 0 saturated carbocycles. The Labute approximate surface area is 250 Å². The van der Waals surface area contributed by atoms with Gasteiger partial charge < -0.3 is 24.4 Å². The van der Waals surface area contributed by atoms with Gasteiger partial charge in [0.15, 0.2) is 0 Å². The van der Waals surface area contributed by atoms with Crippen molar-refractivity contribution in [1.82, 2.24) is 14.8 Å². The summed E-state index contributed by atoms with van der Waals surface area (Å²) in [5.41, 5.74) is -0.563. The fourth-order valence-electron chi connectivity index (χ4n) is 5.65. The highest BCUT2D eigenvalue weighted by Crippen LogP contribution is 2.31. The molecule has 1 aromatic heterocycles. The second-order valence-electron chi connectivity index (χ2n) is 13.8. The van der Waals surface area contributed by atoms with Gasteiger partial charge in [0.2, 0.25) is 5.91 Å². The number of pyridine rings is 1. The molecule has 2 amide bonds. The van der Waals surface area contributed by atoms with Gasteiger partial charge in [-0.15, -0.1) is 0 Å². The number of carbonyl (C=O) groups is 4. The molecular weight excluding hydrogens is 538 g/mol. The Morgan fingerprint density at radius 3 is 2.21 bits per heavy atom. The molecule has 0 aliphatic carbocycles. The van der Waals surface area contributed by atoms with Gasteiger partial charge in [0.05, 0.1) is 12.6 Å². The fraction of sp³-hybridized carbons (Fsp3) is 0.719. The lowest BCUT2D eigenvalue weighted by Crippen LogP contribution is -2.43. The Morgan fingerprint density at radius 2 is 1.60 bits per heavy atom. The van der Waals surface area contributed by atoms with Crippen LogP contribution in [-0.2, 0) is 23.9 Å². The van der Waals surface area contributed by atoms with Gasteiger partial charge in [0.1, 0.15) is 22.7 Å². The van der Waals surface area contributed by atoms with Crippen LogP contribution in [0.3, 0.4) is 0 Å². The molecule has 2 aliphatic rings. The van der Waals surface area contributed by atoms with Crippen LogP contribution in [0.5, 0.6) is 5.75 Å². The molecule has 2 aliphatic heterocycles. The van der Waals surface area contributed by atoms with Crippen molar-refractivity contribution in [2.75, 3.05) is 26.2 Å². The lowest BCUT2D eigenvalue weighted by molar-refractivity contribution is -0.155. The molecule has 1 N–H and O–H groups in total. The zero-order valence-corrected chi connectivity index (χ0v) is 26.2. The smallest absolute Gasteiger partial charge is 0.410 e. The van der Waals surface area contributed by atoms with Crippen LogP contribution in [0, 0.1) is 11.8 Å². The van der Waals surface area contributed by atoms with Crippen molar-refractivity contribution >= 4 is 23.8 Å². The highest BCUT2D eigenvalue weighted by molar-refractivity contribution is 5.84. The number of ketones is 1. The van der Waals surface area contributed by atoms with Crippen LogP contribution in [0.25, 0.3) is 0 Å². The maximum absolute atomic E-state index is 13.5. The number of esters is 1. The summed E-state index contributed by atoms with van der Waals surface area (Å²) < 4.78 is 11.0. The van der Waals surface area contributed by atoms with E-state index in [1.54, 1.807) is 36.8 Å². The van der Waals surface area contributed by atoms with E-state index in [0.29, 0.717) is 50.5 Å². The molecule has 234 valence electrons. The minimum absolute atomic E-state index is 0.00100. The molecule has 10 nitrogen and oxygen atoms in total. The summed E-state index contributed by atoms with van der Waals surface area (Å²) in [4.78, 5) is 59.1. The van der Waals surface area contributed by atoms with E-state index in [9.17, 15) is 24.3 Å². The topological polar surface area (TPSA) is 126 Å². The van der Waals surface area contributed by atoms with E-state index in [0.717, 1.165) is 25.7 Å². The van der Waals surface area contributed by atoms with Crippen molar-refractivity contribution in [2.45, 2.75) is 110 Å². The van der Waals surface area contributed by atoms with E-state index in [4.69, 9.17) is 9.47 Å². The first-order chi connectivity index (χ1) is 19.6. The van der Waals surface area contributed by atoms with Crippen molar-refractivity contribution in [1.29, 1.82) is 0 Å². The predicted octanol–water partition coefficient (Wildman–Crippen LogP) is 5.23. The second-order valence-corrected chi connectivity index (χ2v) is 13.8. The van der Waals surface area contributed by atoms with Gasteiger partial charge in [0.25, 0.3) is 0 Å². The number of aromatic nitrogens is 1. The minimum Gasteiger partial charge on any atom is -0.506 e. The van der Waals surface area contributed by atoms with Crippen LogP contribution in [0.2, 0.25) is 0 Å². The Bertz CT molecular complexity index is 1100. The number of amides is 2. The zero-order valence-electron chi connectivity index (χ0n) is 26.2. The highest BCUT2D eigenvalue weighted by atomic mass is 16.6. The van der Waals surface area contributed by atoms with Crippen molar-refractivity contribution in [3.05, 3.63) is 24.0 Å². The van der Waals surface area contributed by atoms with Crippen molar-refractivity contribution in [2.24, 2.45) is 11.8 Å². The third-order valence-corrected chi connectivity index (χ3v) is 7.76. The average Bonchev–Trinajstić information content (AvgIpc) is 2.89. The van der Waals surface area contributed by atoms with Gasteiger partial charge in [-0.3, -0.25) is 19.4 Å². The van der Waals surface area contributed by atoms with E-state index in [1.807, 2.05) is 20.8 Å². The first-order valence-electron chi connectivity index (χ1n) is 15.2. The first kappa shape index (κ1) is 33.3. The lowest BCUT2D eigenvalue weighted by Gasteiger charge is -2.35. The van der Waals surface area contributed by atoms with Gasteiger partial charge in [-0.05, 0) is 91.2 Å². The molecule has 10 heteroatoms. The van der Waals surface area contributed by atoms with Crippen LogP contribution in [-0.4, -0.2) is 81.0 Å². The first-order valence-corrected chi connectivity index (χ1v) is 15.2. The highest BCUT2D eigenvalue weighted by Gasteiger charge is 2.32. The number of Topliss-reactive ketones (excluding diaryl/α,β-unsaturated/α-hetero) is 1. The summed E-state index contributed by atoms with van der Waals surface area (Å²) in [6.07, 6.45) is 7.02. The van der Waals surface area contributed by atoms with Crippen molar-refractivity contribution < 1.29 is 33.8 Å². The van der Waals surface area contributed by atoms with Gasteiger partial charge in [0, 0.05) is 57.1 Å². The number of carbonyl (C=O) groups excluding carboxylic acids is 4. The summed E-state index contributed by atoms with van der Waals surface area (Å²) in [5.74, 6) is -0.793. The molecule has 1 aromatic rings. The molecule has 0 spiro atoms. The molecule has 0 aromatic carbocycles. The van der Waals surface area contributed by atoms with Gasteiger partial charge >= 0.3 is 12.1 Å². The van der Waals surface area contributed by atoms with Gasteiger partial charge in [-0.25, -0.2) is 4.79 Å². The standard InChI is InChI=1S/C32H49N3O7/c1-31(2,3)41-29(39)18-24(25-16-26(36)20-33-19-25)17-27(37)23-8-7-13-35(21-23)28(38)10-9-22-11-14-34(15-12-22)30(40)42-32(4,5)6/h16,19-20,22-24,36H,7-15,17-18,21H2,1-6H3/t23-,24+/m1/s1. The normalized spacial score (nSPS) is 19.2. The molecule has 0 unspecified atom stereocenters. The van der Waals surface area contributed by atoms with E-state index < -0.39 is 23.1 Å². The summed E-state index contributed by atoms with van der Waals surface area (Å²) >= 11 is 0. The number of ether oxygens (including phenoxy) is 2. The third-order valence-electron chi connectivity index (χ3n) is 7.76.